The first kappa shape index (κ1) is 23.0. The molecule has 1 aliphatic rings. The number of nitrogens with zero attached hydrogens (tertiary/aromatic N) is 3. The second-order valence-electron chi connectivity index (χ2n) is 7.77. The number of nitrogens with one attached hydrogen (secondary N) is 2. The number of hydrogen-bond donors (Lipinski definition) is 2. The van der Waals surface area contributed by atoms with Crippen LogP contribution in [0.1, 0.15) is 32.4 Å². The molecule has 170 valence electrons. The van der Waals surface area contributed by atoms with Gasteiger partial charge in [0.05, 0.1) is 23.0 Å². The average molecular weight is 480 g/mol. The fraction of sp³-hybridized carbons (Fsp3) is 0.240. The van der Waals surface area contributed by atoms with Gasteiger partial charge in [0.25, 0.3) is 5.91 Å². The van der Waals surface area contributed by atoms with E-state index < -0.39 is 6.04 Å². The van der Waals surface area contributed by atoms with Crippen molar-refractivity contribution in [3.8, 4) is 16.9 Å². The van der Waals surface area contributed by atoms with Crippen LogP contribution in [0.25, 0.3) is 16.9 Å². The van der Waals surface area contributed by atoms with E-state index in [0.29, 0.717) is 28.8 Å². The molecule has 1 aliphatic heterocycles. The standard InChI is InChI=1S/C25H26ClN5OS/c1-4-30(5-2)24(32)21-16(3)27-25(33)28-23(21)20-15-31(19-9-7-6-8-10-19)29-22(20)17-11-13-18(26)14-12-17/h6-15,23H,4-5H2,1-3H3,(H2,27,28,33)/t23-/m0/s1. The summed E-state index contributed by atoms with van der Waals surface area (Å²) in [5.41, 5.74) is 4.83. The number of likely N-dealkylation sites (N-methyl/N-ethyl adjacent to an activating group) is 1. The summed E-state index contributed by atoms with van der Waals surface area (Å²) in [5, 5.41) is 12.5. The van der Waals surface area contributed by atoms with Gasteiger partial charge in [0, 0.05) is 41.1 Å². The minimum atomic E-state index is -0.449. The number of thiocarbonyl (C=S) groups is 1. The van der Waals surface area contributed by atoms with Crippen LogP contribution in [0.2, 0.25) is 5.02 Å². The maximum Gasteiger partial charge on any atom is 0.253 e. The van der Waals surface area contributed by atoms with Crippen molar-refractivity contribution in [2.45, 2.75) is 26.8 Å². The highest BCUT2D eigenvalue weighted by molar-refractivity contribution is 7.80. The first-order chi connectivity index (χ1) is 15.9. The van der Waals surface area contributed by atoms with Crippen LogP contribution in [0.3, 0.4) is 0 Å². The Bertz CT molecular complexity index is 1200. The fourth-order valence-corrected chi connectivity index (χ4v) is 4.43. The van der Waals surface area contributed by atoms with E-state index in [4.69, 9.17) is 28.9 Å². The zero-order valence-corrected chi connectivity index (χ0v) is 20.4. The van der Waals surface area contributed by atoms with E-state index in [0.717, 1.165) is 28.2 Å². The lowest BCUT2D eigenvalue weighted by Gasteiger charge is -2.32. The SMILES string of the molecule is CCN(CC)C(=O)C1=C(C)NC(=S)N[C@H]1c1cn(-c2ccccc2)nc1-c1ccc(Cl)cc1. The van der Waals surface area contributed by atoms with Gasteiger partial charge in [0.15, 0.2) is 5.11 Å². The van der Waals surface area contributed by atoms with Crippen molar-refractivity contribution in [2.24, 2.45) is 0 Å². The number of allylic oxidation sites excluding steroid dienone is 1. The first-order valence-corrected chi connectivity index (χ1v) is 11.7. The zero-order chi connectivity index (χ0) is 23.5. The summed E-state index contributed by atoms with van der Waals surface area (Å²) in [7, 11) is 0. The molecule has 1 atom stereocenters. The Kier molecular flexibility index (Phi) is 6.81. The van der Waals surface area contributed by atoms with Crippen molar-refractivity contribution >= 4 is 34.8 Å². The third kappa shape index (κ3) is 4.65. The maximum atomic E-state index is 13.5. The molecule has 0 radical (unpaired) electrons. The van der Waals surface area contributed by atoms with Crippen LogP contribution < -0.4 is 10.6 Å². The molecule has 0 bridgehead atoms. The van der Waals surface area contributed by atoms with Crippen molar-refractivity contribution in [1.82, 2.24) is 25.3 Å². The zero-order valence-electron chi connectivity index (χ0n) is 18.8. The third-order valence-corrected chi connectivity index (χ3v) is 6.21. The summed E-state index contributed by atoms with van der Waals surface area (Å²) in [6.45, 7) is 7.09. The van der Waals surface area contributed by atoms with Gasteiger partial charge in [-0.25, -0.2) is 4.68 Å². The number of para-hydroxylation sites is 1. The molecule has 2 N–H and O–H groups in total. The summed E-state index contributed by atoms with van der Waals surface area (Å²) >= 11 is 11.6. The van der Waals surface area contributed by atoms with Crippen molar-refractivity contribution in [3.63, 3.8) is 0 Å². The van der Waals surface area contributed by atoms with Gasteiger partial charge in [-0.3, -0.25) is 4.79 Å². The monoisotopic (exact) mass is 479 g/mol. The Morgan fingerprint density at radius 1 is 1.12 bits per heavy atom. The quantitative estimate of drug-likeness (QED) is 0.495. The molecule has 6 nitrogen and oxygen atoms in total. The van der Waals surface area contributed by atoms with Crippen LogP contribution >= 0.6 is 23.8 Å². The normalized spacial score (nSPS) is 15.8. The van der Waals surface area contributed by atoms with Crippen LogP contribution in [0, 0.1) is 0 Å². The third-order valence-electron chi connectivity index (χ3n) is 5.74. The summed E-state index contributed by atoms with van der Waals surface area (Å²) in [5.74, 6) is -0.0282. The summed E-state index contributed by atoms with van der Waals surface area (Å²) in [6, 6.07) is 17.0. The molecule has 0 saturated carbocycles. The molecule has 1 amide bonds. The van der Waals surface area contributed by atoms with Crippen LogP contribution in [-0.2, 0) is 4.79 Å². The van der Waals surface area contributed by atoms with E-state index in [-0.39, 0.29) is 5.91 Å². The minimum Gasteiger partial charge on any atom is -0.351 e. The maximum absolute atomic E-state index is 13.5. The number of carbonyl (C=O) groups excluding carboxylic acids is 1. The number of benzene rings is 2. The highest BCUT2D eigenvalue weighted by Crippen LogP contribution is 2.35. The van der Waals surface area contributed by atoms with Gasteiger partial charge in [-0.05, 0) is 57.3 Å². The molecular weight excluding hydrogens is 454 g/mol. The number of carbonyl (C=O) groups is 1. The number of aromatic nitrogens is 2. The molecule has 0 unspecified atom stereocenters. The topological polar surface area (TPSA) is 62.2 Å². The van der Waals surface area contributed by atoms with E-state index >= 15 is 0 Å². The molecule has 0 aliphatic carbocycles. The van der Waals surface area contributed by atoms with Crippen molar-refractivity contribution < 1.29 is 4.79 Å². The Labute approximate surface area is 204 Å². The molecule has 0 spiro atoms. The van der Waals surface area contributed by atoms with Crippen LogP contribution in [0.5, 0.6) is 0 Å². The molecule has 3 aromatic rings. The van der Waals surface area contributed by atoms with E-state index in [1.165, 1.54) is 0 Å². The minimum absolute atomic E-state index is 0.0282. The number of amides is 1. The van der Waals surface area contributed by atoms with Crippen LogP contribution in [0.15, 0.2) is 72.1 Å². The van der Waals surface area contributed by atoms with Gasteiger partial charge in [0.2, 0.25) is 0 Å². The number of hydrogen-bond acceptors (Lipinski definition) is 3. The molecule has 33 heavy (non-hydrogen) atoms. The van der Waals surface area contributed by atoms with Crippen molar-refractivity contribution in [2.75, 3.05) is 13.1 Å². The predicted octanol–water partition coefficient (Wildman–Crippen LogP) is 4.85. The van der Waals surface area contributed by atoms with Gasteiger partial charge in [-0.15, -0.1) is 0 Å². The van der Waals surface area contributed by atoms with Crippen LogP contribution in [0.4, 0.5) is 0 Å². The van der Waals surface area contributed by atoms with Gasteiger partial charge in [-0.2, -0.15) is 5.10 Å². The molecule has 4 rings (SSSR count). The predicted molar refractivity (Wildman–Crippen MR) is 136 cm³/mol. The molecule has 2 aromatic carbocycles. The molecular formula is C25H26ClN5OS. The lowest BCUT2D eigenvalue weighted by molar-refractivity contribution is -0.127. The summed E-state index contributed by atoms with van der Waals surface area (Å²) in [6.07, 6.45) is 1.97. The van der Waals surface area contributed by atoms with E-state index in [2.05, 4.69) is 10.6 Å². The smallest absolute Gasteiger partial charge is 0.253 e. The van der Waals surface area contributed by atoms with Gasteiger partial charge >= 0.3 is 0 Å². The van der Waals surface area contributed by atoms with Gasteiger partial charge in [-0.1, -0.05) is 41.9 Å². The summed E-state index contributed by atoms with van der Waals surface area (Å²) in [4.78, 5) is 15.3. The van der Waals surface area contributed by atoms with E-state index in [1.807, 2.05) is 91.1 Å². The summed E-state index contributed by atoms with van der Waals surface area (Å²) < 4.78 is 1.83. The Balaban J connectivity index is 1.90. The lowest BCUT2D eigenvalue weighted by Crippen LogP contribution is -2.47. The van der Waals surface area contributed by atoms with Crippen molar-refractivity contribution in [3.05, 3.63) is 82.7 Å². The molecule has 0 fully saturated rings. The van der Waals surface area contributed by atoms with E-state index in [1.54, 1.807) is 0 Å². The Morgan fingerprint density at radius 2 is 1.79 bits per heavy atom. The molecule has 0 saturated heterocycles. The lowest BCUT2D eigenvalue weighted by atomic mass is 9.93. The van der Waals surface area contributed by atoms with Gasteiger partial charge < -0.3 is 15.5 Å². The van der Waals surface area contributed by atoms with Crippen molar-refractivity contribution in [1.29, 1.82) is 0 Å². The number of rotatable bonds is 6. The van der Waals surface area contributed by atoms with Crippen LogP contribution in [-0.4, -0.2) is 38.8 Å². The largest absolute Gasteiger partial charge is 0.351 e. The molecule has 1 aromatic heterocycles. The average Bonchev–Trinajstić information content (AvgIpc) is 3.26. The number of halogens is 1. The second kappa shape index (κ2) is 9.77. The second-order valence-corrected chi connectivity index (χ2v) is 8.61. The highest BCUT2D eigenvalue weighted by atomic mass is 35.5. The highest BCUT2D eigenvalue weighted by Gasteiger charge is 2.34. The first-order valence-electron chi connectivity index (χ1n) is 10.9. The van der Waals surface area contributed by atoms with Gasteiger partial charge in [0.1, 0.15) is 0 Å². The molecule has 2 heterocycles. The van der Waals surface area contributed by atoms with E-state index in [9.17, 15) is 4.79 Å². The fourth-order valence-electron chi connectivity index (χ4n) is 4.04. The molecule has 8 heteroatoms. The Hall–Kier alpha value is -3.16. The Morgan fingerprint density at radius 3 is 2.42 bits per heavy atom.